The summed E-state index contributed by atoms with van der Waals surface area (Å²) < 4.78 is 12.5. The Kier molecular flexibility index (Phi) is 4.08. The van der Waals surface area contributed by atoms with Gasteiger partial charge in [0.1, 0.15) is 0 Å². The number of fused-ring (bicyclic) bond motifs is 1. The van der Waals surface area contributed by atoms with Crippen LogP contribution in [0.1, 0.15) is 21.9 Å². The molecular weight excluding hydrogens is 346 g/mol. The molecule has 1 N–H and O–H groups in total. The predicted molar refractivity (Wildman–Crippen MR) is 99.3 cm³/mol. The van der Waals surface area contributed by atoms with Crippen LogP contribution in [0.15, 0.2) is 47.1 Å². The van der Waals surface area contributed by atoms with Gasteiger partial charge in [-0.2, -0.15) is 5.10 Å². The Labute approximate surface area is 154 Å². The number of para-hydroxylation sites is 1. The first-order valence-corrected chi connectivity index (χ1v) is 8.29. The van der Waals surface area contributed by atoms with Gasteiger partial charge in [-0.3, -0.25) is 4.79 Å². The number of benzene rings is 1. The number of nitrogens with zero attached hydrogens (tertiary/aromatic N) is 4. The van der Waals surface area contributed by atoms with Gasteiger partial charge < -0.3 is 14.5 Å². The fourth-order valence-electron chi connectivity index (χ4n) is 2.83. The molecule has 136 valence electrons. The van der Waals surface area contributed by atoms with Crippen LogP contribution in [0.4, 0.5) is 5.69 Å². The number of aromatic nitrogens is 4. The number of anilines is 1. The van der Waals surface area contributed by atoms with Gasteiger partial charge in [-0.15, -0.1) is 0 Å². The molecule has 0 aliphatic heterocycles. The summed E-state index contributed by atoms with van der Waals surface area (Å²) in [6.45, 7) is 3.83. The summed E-state index contributed by atoms with van der Waals surface area (Å²) in [7, 11) is 1.55. The van der Waals surface area contributed by atoms with Gasteiger partial charge in [0.15, 0.2) is 17.1 Å². The highest BCUT2D eigenvalue weighted by Gasteiger charge is 2.15. The Balaban J connectivity index is 1.55. The summed E-state index contributed by atoms with van der Waals surface area (Å²) in [5, 5.41) is 7.85. The van der Waals surface area contributed by atoms with Gasteiger partial charge in [-0.1, -0.05) is 12.1 Å². The highest BCUT2D eigenvalue weighted by atomic mass is 16.5. The summed E-state index contributed by atoms with van der Waals surface area (Å²) >= 11 is 0. The first kappa shape index (κ1) is 16.8. The third-order valence-corrected chi connectivity index (χ3v) is 4.05. The Hall–Kier alpha value is -3.68. The molecule has 3 aromatic heterocycles. The summed E-state index contributed by atoms with van der Waals surface area (Å²) in [5.41, 5.74) is 2.80. The van der Waals surface area contributed by atoms with Crippen molar-refractivity contribution < 1.29 is 13.9 Å². The van der Waals surface area contributed by atoms with Gasteiger partial charge in [-0.25, -0.2) is 14.6 Å². The third kappa shape index (κ3) is 3.12. The molecule has 4 rings (SSSR count). The summed E-state index contributed by atoms with van der Waals surface area (Å²) in [4.78, 5) is 21.0. The van der Waals surface area contributed by atoms with Crippen molar-refractivity contribution in [2.24, 2.45) is 0 Å². The first-order chi connectivity index (χ1) is 13.0. The topological polar surface area (TPSA) is 95.1 Å². The van der Waals surface area contributed by atoms with Gasteiger partial charge in [0, 0.05) is 11.1 Å². The maximum atomic E-state index is 12.5. The van der Waals surface area contributed by atoms with Crippen LogP contribution in [-0.4, -0.2) is 32.8 Å². The Morgan fingerprint density at radius 1 is 1.19 bits per heavy atom. The second kappa shape index (κ2) is 6.56. The third-order valence-electron chi connectivity index (χ3n) is 4.05. The molecule has 0 saturated carbocycles. The van der Waals surface area contributed by atoms with Gasteiger partial charge in [0.2, 0.25) is 0 Å². The first-order valence-electron chi connectivity index (χ1n) is 8.29. The van der Waals surface area contributed by atoms with Gasteiger partial charge in [-0.05, 0) is 32.0 Å². The number of furan rings is 1. The molecule has 3 heterocycles. The van der Waals surface area contributed by atoms with E-state index in [0.29, 0.717) is 23.0 Å². The highest BCUT2D eigenvalue weighted by molar-refractivity contribution is 6.04. The minimum Gasteiger partial charge on any atom is -0.493 e. The molecule has 0 unspecified atom stereocenters. The molecule has 0 radical (unpaired) electrons. The molecule has 1 aromatic carbocycles. The molecule has 0 fully saturated rings. The SMILES string of the molecule is COc1cccc2cc(C(=O)Nc3cnc(-n4nc(C)cc4C)nc3)oc12. The van der Waals surface area contributed by atoms with E-state index in [0.717, 1.165) is 16.8 Å². The van der Waals surface area contributed by atoms with Crippen molar-refractivity contribution in [3.63, 3.8) is 0 Å². The lowest BCUT2D eigenvalue weighted by Gasteiger charge is -2.05. The average molecular weight is 363 g/mol. The van der Waals surface area contributed by atoms with Crippen molar-refractivity contribution in [1.29, 1.82) is 0 Å². The monoisotopic (exact) mass is 363 g/mol. The van der Waals surface area contributed by atoms with Crippen LogP contribution in [0.2, 0.25) is 0 Å². The highest BCUT2D eigenvalue weighted by Crippen LogP contribution is 2.28. The molecule has 4 aromatic rings. The lowest BCUT2D eigenvalue weighted by molar-refractivity contribution is 0.0998. The van der Waals surface area contributed by atoms with Crippen LogP contribution in [0, 0.1) is 13.8 Å². The lowest BCUT2D eigenvalue weighted by Crippen LogP contribution is -2.12. The van der Waals surface area contributed by atoms with Crippen LogP contribution < -0.4 is 10.1 Å². The zero-order valence-electron chi connectivity index (χ0n) is 15.1. The van der Waals surface area contributed by atoms with Crippen LogP contribution >= 0.6 is 0 Å². The molecule has 0 aliphatic rings. The van der Waals surface area contributed by atoms with E-state index >= 15 is 0 Å². The van der Waals surface area contributed by atoms with Gasteiger partial charge in [0.25, 0.3) is 11.9 Å². The van der Waals surface area contributed by atoms with Crippen molar-refractivity contribution in [2.45, 2.75) is 13.8 Å². The number of carbonyl (C=O) groups is 1. The van der Waals surface area contributed by atoms with Crippen LogP contribution in [0.5, 0.6) is 5.75 Å². The van der Waals surface area contributed by atoms with Crippen molar-refractivity contribution in [3.05, 3.63) is 59.9 Å². The van der Waals surface area contributed by atoms with E-state index in [2.05, 4.69) is 20.4 Å². The van der Waals surface area contributed by atoms with E-state index in [1.807, 2.05) is 32.0 Å². The maximum Gasteiger partial charge on any atom is 0.291 e. The van der Waals surface area contributed by atoms with E-state index in [4.69, 9.17) is 9.15 Å². The molecule has 0 saturated heterocycles. The largest absolute Gasteiger partial charge is 0.493 e. The van der Waals surface area contributed by atoms with Gasteiger partial charge in [0.05, 0.1) is 30.9 Å². The molecule has 0 aliphatic carbocycles. The standard InChI is InChI=1S/C19H17N5O3/c1-11-7-12(2)24(23-11)19-20-9-14(10-21-19)22-18(25)16-8-13-5-4-6-15(26-3)17(13)27-16/h4-10H,1-3H3,(H,22,25). The molecule has 0 spiro atoms. The van der Waals surface area contributed by atoms with E-state index < -0.39 is 5.91 Å². The molecule has 27 heavy (non-hydrogen) atoms. The quantitative estimate of drug-likeness (QED) is 0.598. The van der Waals surface area contributed by atoms with E-state index in [9.17, 15) is 4.79 Å². The normalized spacial score (nSPS) is 10.9. The second-order valence-electron chi connectivity index (χ2n) is 6.05. The predicted octanol–water partition coefficient (Wildman–Crippen LogP) is 3.29. The second-order valence-corrected chi connectivity index (χ2v) is 6.05. The Morgan fingerprint density at radius 2 is 1.96 bits per heavy atom. The number of aryl methyl sites for hydroxylation is 2. The molecule has 0 atom stereocenters. The van der Waals surface area contributed by atoms with Crippen LogP contribution in [0.3, 0.4) is 0 Å². The Morgan fingerprint density at radius 3 is 2.63 bits per heavy atom. The summed E-state index contributed by atoms with van der Waals surface area (Å²) in [5.74, 6) is 0.795. The number of rotatable bonds is 4. The zero-order chi connectivity index (χ0) is 19.0. The Bertz CT molecular complexity index is 1130. The molecule has 1 amide bonds. The average Bonchev–Trinajstić information content (AvgIpc) is 3.25. The van der Waals surface area contributed by atoms with Crippen molar-refractivity contribution >= 4 is 22.6 Å². The molecular formula is C19H17N5O3. The molecule has 0 bridgehead atoms. The smallest absolute Gasteiger partial charge is 0.291 e. The number of methoxy groups -OCH3 is 1. The number of hydrogen-bond acceptors (Lipinski definition) is 6. The fourth-order valence-corrected chi connectivity index (χ4v) is 2.83. The van der Waals surface area contributed by atoms with E-state index in [-0.39, 0.29) is 5.76 Å². The minimum atomic E-state index is -0.393. The number of amides is 1. The van der Waals surface area contributed by atoms with Crippen LogP contribution in [-0.2, 0) is 0 Å². The zero-order valence-corrected chi connectivity index (χ0v) is 15.1. The summed E-state index contributed by atoms with van der Waals surface area (Å²) in [6.07, 6.45) is 3.06. The van der Waals surface area contributed by atoms with Crippen molar-refractivity contribution in [1.82, 2.24) is 19.7 Å². The van der Waals surface area contributed by atoms with Crippen LogP contribution in [0.25, 0.3) is 16.9 Å². The fraction of sp³-hybridized carbons (Fsp3) is 0.158. The maximum absolute atomic E-state index is 12.5. The van der Waals surface area contributed by atoms with Crippen molar-refractivity contribution in [2.75, 3.05) is 12.4 Å². The van der Waals surface area contributed by atoms with E-state index in [1.165, 1.54) is 12.4 Å². The minimum absolute atomic E-state index is 0.178. The lowest BCUT2D eigenvalue weighted by atomic mass is 10.2. The number of ether oxygens (including phenoxy) is 1. The van der Waals surface area contributed by atoms with Crippen molar-refractivity contribution in [3.8, 4) is 11.7 Å². The summed E-state index contributed by atoms with van der Waals surface area (Å²) in [6, 6.07) is 9.07. The molecule has 8 nitrogen and oxygen atoms in total. The van der Waals surface area contributed by atoms with E-state index in [1.54, 1.807) is 23.9 Å². The number of hydrogen-bond donors (Lipinski definition) is 1. The number of carbonyl (C=O) groups excluding carboxylic acids is 1. The molecule has 8 heteroatoms. The van der Waals surface area contributed by atoms with Gasteiger partial charge >= 0.3 is 0 Å². The number of nitrogens with one attached hydrogen (secondary N) is 1.